The predicted octanol–water partition coefficient (Wildman–Crippen LogP) is 5.46. The Kier molecular flexibility index (Phi) is 6.05. The van der Waals surface area contributed by atoms with E-state index in [4.69, 9.17) is 0 Å². The van der Waals surface area contributed by atoms with E-state index >= 15 is 0 Å². The quantitative estimate of drug-likeness (QED) is 0.553. The summed E-state index contributed by atoms with van der Waals surface area (Å²) in [7, 11) is 0. The minimum atomic E-state index is -0.362. The number of benzene rings is 3. The van der Waals surface area contributed by atoms with Crippen LogP contribution in [0.4, 0.5) is 10.1 Å². The topological polar surface area (TPSA) is 52.7 Å². The van der Waals surface area contributed by atoms with Gasteiger partial charge in [-0.05, 0) is 66.8 Å². The Morgan fingerprint density at radius 2 is 1.65 bits per heavy atom. The van der Waals surface area contributed by atoms with Gasteiger partial charge >= 0.3 is 0 Å². The molecule has 3 aromatic rings. The van der Waals surface area contributed by atoms with Crippen molar-refractivity contribution in [3.8, 4) is 0 Å². The normalized spacial score (nSPS) is 18.2. The van der Waals surface area contributed by atoms with Crippen molar-refractivity contribution in [2.24, 2.45) is 5.92 Å². The Balaban J connectivity index is 1.35. The lowest BCUT2D eigenvalue weighted by Crippen LogP contribution is -2.37. The first-order valence-corrected chi connectivity index (χ1v) is 11.8. The van der Waals surface area contributed by atoms with Gasteiger partial charge in [0.25, 0.3) is 11.8 Å². The molecule has 1 atom stereocenters. The van der Waals surface area contributed by atoms with Crippen molar-refractivity contribution in [1.82, 2.24) is 9.80 Å². The van der Waals surface area contributed by atoms with E-state index in [1.54, 1.807) is 17.0 Å². The predicted molar refractivity (Wildman–Crippen MR) is 130 cm³/mol. The molecule has 0 spiro atoms. The number of carbonyl (C=O) groups excluding carboxylic acids is 2. The number of fused-ring (bicyclic) bond motifs is 1. The molecule has 6 heteroatoms. The van der Waals surface area contributed by atoms with Crippen LogP contribution in [0.2, 0.25) is 0 Å². The van der Waals surface area contributed by atoms with Crippen LogP contribution in [-0.4, -0.2) is 34.7 Å². The Hall–Kier alpha value is -3.67. The molecule has 1 saturated heterocycles. The molecule has 2 aliphatic rings. The summed E-state index contributed by atoms with van der Waals surface area (Å²) in [5.74, 6) is 0.370. The van der Waals surface area contributed by atoms with Crippen molar-refractivity contribution >= 4 is 17.5 Å². The van der Waals surface area contributed by atoms with E-state index in [0.29, 0.717) is 23.6 Å². The second kappa shape index (κ2) is 9.29. The third-order valence-corrected chi connectivity index (χ3v) is 6.83. The summed E-state index contributed by atoms with van der Waals surface area (Å²) in [5.41, 5.74) is 3.91. The van der Waals surface area contributed by atoms with Crippen LogP contribution in [0, 0.1) is 11.7 Å². The summed E-state index contributed by atoms with van der Waals surface area (Å²) in [6.07, 6.45) is 1.73. The number of amides is 2. The molecule has 34 heavy (non-hydrogen) atoms. The minimum absolute atomic E-state index is 0.0662. The first kappa shape index (κ1) is 22.1. The van der Waals surface area contributed by atoms with Crippen molar-refractivity contribution in [1.29, 1.82) is 0 Å². The molecule has 0 aliphatic carbocycles. The number of nitrogens with zero attached hydrogens (tertiary/aromatic N) is 2. The van der Waals surface area contributed by atoms with Gasteiger partial charge in [-0.25, -0.2) is 4.39 Å². The number of likely N-dealkylation sites (tertiary alicyclic amines) is 1. The molecule has 0 saturated carbocycles. The highest BCUT2D eigenvalue weighted by Gasteiger charge is 2.36. The zero-order valence-corrected chi connectivity index (χ0v) is 19.2. The Bertz CT molecular complexity index is 1190. The van der Waals surface area contributed by atoms with Gasteiger partial charge in [-0.3, -0.25) is 9.59 Å². The van der Waals surface area contributed by atoms with E-state index in [9.17, 15) is 14.0 Å². The van der Waals surface area contributed by atoms with Crippen molar-refractivity contribution in [3.63, 3.8) is 0 Å². The first-order chi connectivity index (χ1) is 16.5. The largest absolute Gasteiger partial charge is 0.361 e. The highest BCUT2D eigenvalue weighted by atomic mass is 19.1. The lowest BCUT2D eigenvalue weighted by atomic mass is 9.98. The van der Waals surface area contributed by atoms with Crippen molar-refractivity contribution < 1.29 is 14.0 Å². The number of hydrogen-bond acceptors (Lipinski definition) is 3. The molecule has 3 aromatic carbocycles. The highest BCUT2D eigenvalue weighted by Crippen LogP contribution is 2.35. The molecule has 2 amide bonds. The monoisotopic (exact) mass is 457 g/mol. The smallest absolute Gasteiger partial charge is 0.256 e. The standard InChI is InChI=1S/C28H28FN3O2/c1-19-14-16-31(17-15-19)27(33)21-8-12-23(13-9-21)30-26-24-4-2-3-5-25(24)28(34)32(26)18-20-6-10-22(29)11-7-20/h2-13,19,26,30H,14-18H2,1H3. The van der Waals surface area contributed by atoms with Crippen LogP contribution < -0.4 is 5.32 Å². The number of hydrogen-bond donors (Lipinski definition) is 1. The number of anilines is 1. The maximum absolute atomic E-state index is 13.4. The highest BCUT2D eigenvalue weighted by molar-refractivity contribution is 5.99. The lowest BCUT2D eigenvalue weighted by molar-refractivity contribution is 0.0696. The van der Waals surface area contributed by atoms with Crippen molar-refractivity contribution in [3.05, 3.63) is 101 Å². The van der Waals surface area contributed by atoms with E-state index in [1.165, 1.54) is 12.1 Å². The van der Waals surface area contributed by atoms with Gasteiger partial charge in [-0.15, -0.1) is 0 Å². The summed E-state index contributed by atoms with van der Waals surface area (Å²) in [6.45, 7) is 4.20. The maximum atomic E-state index is 13.4. The summed E-state index contributed by atoms with van der Waals surface area (Å²) < 4.78 is 13.4. The van der Waals surface area contributed by atoms with Crippen LogP contribution in [0.5, 0.6) is 0 Å². The SMILES string of the molecule is CC1CCN(C(=O)c2ccc(NC3c4ccccc4C(=O)N3Cc3ccc(F)cc3)cc2)CC1. The number of rotatable bonds is 5. The third-order valence-electron chi connectivity index (χ3n) is 6.83. The zero-order chi connectivity index (χ0) is 23.7. The summed E-state index contributed by atoms with van der Waals surface area (Å²) >= 11 is 0. The van der Waals surface area contributed by atoms with Crippen LogP contribution in [-0.2, 0) is 6.54 Å². The van der Waals surface area contributed by atoms with Crippen LogP contribution in [0.1, 0.15) is 57.8 Å². The Morgan fingerprint density at radius 1 is 0.971 bits per heavy atom. The van der Waals surface area contributed by atoms with Crippen molar-refractivity contribution in [2.75, 3.05) is 18.4 Å². The molecule has 2 heterocycles. The Labute approximate surface area is 199 Å². The molecule has 2 aliphatic heterocycles. The summed E-state index contributed by atoms with van der Waals surface area (Å²) in [4.78, 5) is 29.7. The average molecular weight is 458 g/mol. The fourth-order valence-corrected chi connectivity index (χ4v) is 4.74. The average Bonchev–Trinajstić information content (AvgIpc) is 3.12. The van der Waals surface area contributed by atoms with Crippen LogP contribution >= 0.6 is 0 Å². The molecule has 0 radical (unpaired) electrons. The van der Waals surface area contributed by atoms with Gasteiger partial charge in [-0.2, -0.15) is 0 Å². The van der Waals surface area contributed by atoms with E-state index in [-0.39, 0.29) is 23.8 Å². The van der Waals surface area contributed by atoms with Gasteiger partial charge in [0, 0.05) is 42.0 Å². The molecular formula is C28H28FN3O2. The third kappa shape index (κ3) is 4.40. The van der Waals surface area contributed by atoms with E-state index in [0.717, 1.165) is 42.7 Å². The van der Waals surface area contributed by atoms with Crippen LogP contribution in [0.25, 0.3) is 0 Å². The van der Waals surface area contributed by atoms with E-state index < -0.39 is 0 Å². The van der Waals surface area contributed by atoms with Crippen LogP contribution in [0.3, 0.4) is 0 Å². The van der Waals surface area contributed by atoms with Gasteiger partial charge < -0.3 is 15.1 Å². The van der Waals surface area contributed by atoms with Gasteiger partial charge in [0.2, 0.25) is 0 Å². The summed E-state index contributed by atoms with van der Waals surface area (Å²) in [6, 6.07) is 21.2. The second-order valence-electron chi connectivity index (χ2n) is 9.25. The van der Waals surface area contributed by atoms with Crippen molar-refractivity contribution in [2.45, 2.75) is 32.5 Å². The fourth-order valence-electron chi connectivity index (χ4n) is 4.74. The summed E-state index contributed by atoms with van der Waals surface area (Å²) in [5, 5.41) is 3.47. The van der Waals surface area contributed by atoms with Gasteiger partial charge in [0.1, 0.15) is 12.0 Å². The van der Waals surface area contributed by atoms with E-state index in [1.807, 2.05) is 53.4 Å². The zero-order valence-electron chi connectivity index (χ0n) is 19.2. The number of nitrogens with one attached hydrogen (secondary N) is 1. The number of piperidine rings is 1. The molecule has 1 N–H and O–H groups in total. The van der Waals surface area contributed by atoms with E-state index in [2.05, 4.69) is 12.2 Å². The minimum Gasteiger partial charge on any atom is -0.361 e. The molecule has 1 unspecified atom stereocenters. The second-order valence-corrected chi connectivity index (χ2v) is 9.25. The number of halogens is 1. The fraction of sp³-hybridized carbons (Fsp3) is 0.286. The van der Waals surface area contributed by atoms with Gasteiger partial charge in [-0.1, -0.05) is 37.3 Å². The lowest BCUT2D eigenvalue weighted by Gasteiger charge is -2.30. The Morgan fingerprint density at radius 3 is 2.35 bits per heavy atom. The molecule has 0 aromatic heterocycles. The first-order valence-electron chi connectivity index (χ1n) is 11.8. The molecular weight excluding hydrogens is 429 g/mol. The molecule has 5 rings (SSSR count). The molecule has 1 fully saturated rings. The number of carbonyl (C=O) groups is 2. The maximum Gasteiger partial charge on any atom is 0.256 e. The molecule has 5 nitrogen and oxygen atoms in total. The van der Waals surface area contributed by atoms with Crippen LogP contribution in [0.15, 0.2) is 72.8 Å². The molecule has 0 bridgehead atoms. The molecule has 174 valence electrons. The van der Waals surface area contributed by atoms with Gasteiger partial charge in [0.05, 0.1) is 0 Å². The van der Waals surface area contributed by atoms with Gasteiger partial charge in [0.15, 0.2) is 0 Å².